The van der Waals surface area contributed by atoms with Crippen molar-refractivity contribution in [2.75, 3.05) is 17.2 Å². The van der Waals surface area contributed by atoms with E-state index in [1.807, 2.05) is 60.7 Å². The third-order valence-electron chi connectivity index (χ3n) is 3.67. The Kier molecular flexibility index (Phi) is 6.76. The lowest BCUT2D eigenvalue weighted by atomic mass is 10.2. The molecule has 8 heteroatoms. The molecule has 0 radical (unpaired) electrons. The van der Waals surface area contributed by atoms with E-state index in [9.17, 15) is 4.79 Å². The monoisotopic (exact) mass is 412 g/mol. The summed E-state index contributed by atoms with van der Waals surface area (Å²) in [4.78, 5) is 14.4. The lowest BCUT2D eigenvalue weighted by Crippen LogP contribution is -2.33. The zero-order chi connectivity index (χ0) is 19.1. The van der Waals surface area contributed by atoms with Gasteiger partial charge in [-0.3, -0.25) is 4.79 Å². The van der Waals surface area contributed by atoms with Crippen molar-refractivity contribution < 1.29 is 4.79 Å². The van der Waals surface area contributed by atoms with E-state index in [0.29, 0.717) is 10.5 Å². The molecule has 0 aliphatic carbocycles. The molecule has 3 aromatic rings. The van der Waals surface area contributed by atoms with Gasteiger partial charge in [0.2, 0.25) is 5.91 Å². The van der Waals surface area contributed by atoms with Crippen LogP contribution in [0.5, 0.6) is 0 Å². The molecule has 0 spiro atoms. The van der Waals surface area contributed by atoms with Crippen LogP contribution in [0.15, 0.2) is 65.0 Å². The maximum atomic E-state index is 12.7. The van der Waals surface area contributed by atoms with Crippen molar-refractivity contribution >= 4 is 46.9 Å². The van der Waals surface area contributed by atoms with Gasteiger partial charge in [-0.15, -0.1) is 5.10 Å². The Morgan fingerprint density at radius 3 is 2.52 bits per heavy atom. The smallest absolute Gasteiger partial charge is 0.237 e. The van der Waals surface area contributed by atoms with Crippen molar-refractivity contribution in [3.8, 4) is 11.8 Å². The van der Waals surface area contributed by atoms with Crippen LogP contribution in [-0.4, -0.2) is 28.0 Å². The highest BCUT2D eigenvalue weighted by atomic mass is 32.2. The highest BCUT2D eigenvalue weighted by Crippen LogP contribution is 2.25. The molecule has 0 saturated carbocycles. The molecule has 27 heavy (non-hydrogen) atoms. The number of amides is 1. The molecule has 0 saturated heterocycles. The summed E-state index contributed by atoms with van der Waals surface area (Å²) in [7, 11) is 0. The minimum absolute atomic E-state index is 0.0613. The number of para-hydroxylation sites is 2. The zero-order valence-corrected chi connectivity index (χ0v) is 16.8. The Bertz CT molecular complexity index is 993. The van der Waals surface area contributed by atoms with Gasteiger partial charge in [0.05, 0.1) is 23.9 Å². The molecule has 1 aromatic heterocycles. The normalized spacial score (nSPS) is 10.3. The number of thioether (sulfide) groups is 1. The van der Waals surface area contributed by atoms with Gasteiger partial charge in [-0.1, -0.05) is 59.5 Å². The lowest BCUT2D eigenvalue weighted by Gasteiger charge is -2.21. The predicted molar refractivity (Wildman–Crippen MR) is 112 cm³/mol. The Morgan fingerprint density at radius 2 is 1.85 bits per heavy atom. The van der Waals surface area contributed by atoms with E-state index in [0.717, 1.165) is 15.7 Å². The fourth-order valence-corrected chi connectivity index (χ4v) is 4.66. The van der Waals surface area contributed by atoms with Crippen molar-refractivity contribution in [2.24, 2.45) is 0 Å². The van der Waals surface area contributed by atoms with Gasteiger partial charge < -0.3 is 4.90 Å². The average molecular weight is 413 g/mol. The molecular formula is C19H16N4OS3. The molecule has 3 rings (SSSR count). The largest absolute Gasteiger partial charge is 0.311 e. The number of hydrogen-bond donors (Lipinski definition) is 0. The number of hydrogen-bond acceptors (Lipinski definition) is 6. The number of carbonyl (C=O) groups excluding carboxylic acids is 1. The van der Waals surface area contributed by atoms with Crippen LogP contribution in [-0.2, 0) is 4.79 Å². The van der Waals surface area contributed by atoms with Gasteiger partial charge in [-0.25, -0.2) is 4.68 Å². The minimum atomic E-state index is -0.0613. The molecule has 0 N–H and O–H groups in total. The predicted octanol–water partition coefficient (Wildman–Crippen LogP) is 4.70. The third-order valence-corrected chi connectivity index (χ3v) is 6.02. The van der Waals surface area contributed by atoms with Crippen LogP contribution in [0.25, 0.3) is 5.69 Å². The molecule has 136 valence electrons. The van der Waals surface area contributed by atoms with Crippen LogP contribution >= 0.6 is 35.3 Å². The number of aromatic nitrogens is 2. The summed E-state index contributed by atoms with van der Waals surface area (Å²) in [5.41, 5.74) is 1.69. The van der Waals surface area contributed by atoms with Gasteiger partial charge in [-0.05, 0) is 36.5 Å². The van der Waals surface area contributed by atoms with Crippen LogP contribution in [0.4, 0.5) is 5.69 Å². The molecule has 0 bridgehead atoms. The molecule has 0 unspecified atom stereocenters. The van der Waals surface area contributed by atoms with Gasteiger partial charge in [0.25, 0.3) is 0 Å². The van der Waals surface area contributed by atoms with E-state index in [-0.39, 0.29) is 18.1 Å². The Balaban J connectivity index is 1.71. The second kappa shape index (κ2) is 9.46. The number of anilines is 1. The summed E-state index contributed by atoms with van der Waals surface area (Å²) in [5, 5.41) is 13.4. The molecule has 0 aliphatic rings. The van der Waals surface area contributed by atoms with Crippen LogP contribution < -0.4 is 4.90 Å². The zero-order valence-electron chi connectivity index (χ0n) is 14.3. The quantitative estimate of drug-likeness (QED) is 0.416. The molecule has 0 atom stereocenters. The molecule has 2 aromatic carbocycles. The Labute approximate surface area is 170 Å². The maximum absolute atomic E-state index is 12.7. The average Bonchev–Trinajstić information content (AvgIpc) is 3.09. The van der Waals surface area contributed by atoms with Crippen LogP contribution in [0.1, 0.15) is 6.42 Å². The SMILES string of the molecule is N#CCCN(C(=O)CSc1nn(-c2ccccc2)c(=S)s1)c1ccccc1. The van der Waals surface area contributed by atoms with Crippen LogP contribution in [0, 0.1) is 15.3 Å². The molecule has 1 amide bonds. The first-order valence-corrected chi connectivity index (χ1v) is 10.4. The summed E-state index contributed by atoms with van der Waals surface area (Å²) in [6.45, 7) is 0.369. The van der Waals surface area contributed by atoms with Crippen LogP contribution in [0.3, 0.4) is 0 Å². The van der Waals surface area contributed by atoms with Gasteiger partial charge in [0.15, 0.2) is 8.29 Å². The summed E-state index contributed by atoms with van der Waals surface area (Å²) in [5.74, 6) is 0.172. The first-order valence-electron chi connectivity index (χ1n) is 8.20. The Morgan fingerprint density at radius 1 is 1.19 bits per heavy atom. The number of rotatable bonds is 7. The fourth-order valence-electron chi connectivity index (χ4n) is 2.42. The summed E-state index contributed by atoms with van der Waals surface area (Å²) in [6, 6.07) is 21.2. The second-order valence-corrected chi connectivity index (χ2v) is 8.30. The van der Waals surface area contributed by atoms with Crippen molar-refractivity contribution in [1.29, 1.82) is 5.26 Å². The molecule has 1 heterocycles. The van der Waals surface area contributed by atoms with E-state index in [1.54, 1.807) is 9.58 Å². The van der Waals surface area contributed by atoms with Crippen molar-refractivity contribution in [3.05, 3.63) is 64.6 Å². The number of nitriles is 1. The summed E-state index contributed by atoms with van der Waals surface area (Å²) < 4.78 is 3.09. The topological polar surface area (TPSA) is 61.9 Å². The van der Waals surface area contributed by atoms with E-state index < -0.39 is 0 Å². The van der Waals surface area contributed by atoms with Gasteiger partial charge in [-0.2, -0.15) is 5.26 Å². The van der Waals surface area contributed by atoms with E-state index in [4.69, 9.17) is 17.5 Å². The summed E-state index contributed by atoms with van der Waals surface area (Å²) in [6.07, 6.45) is 0.285. The first-order chi connectivity index (χ1) is 13.2. The number of nitrogens with zero attached hydrogens (tertiary/aromatic N) is 4. The van der Waals surface area contributed by atoms with Gasteiger partial charge >= 0.3 is 0 Å². The highest BCUT2D eigenvalue weighted by Gasteiger charge is 2.17. The standard InChI is InChI=1S/C19H16N4OS3/c20-12-7-13-22(15-8-3-1-4-9-15)17(24)14-26-18-21-23(19(25)27-18)16-10-5-2-6-11-16/h1-6,8-11H,7,13-14H2. The van der Waals surface area contributed by atoms with Gasteiger partial charge in [0, 0.05) is 12.2 Å². The van der Waals surface area contributed by atoms with E-state index in [1.165, 1.54) is 23.1 Å². The van der Waals surface area contributed by atoms with Crippen molar-refractivity contribution in [2.45, 2.75) is 10.8 Å². The fraction of sp³-hybridized carbons (Fsp3) is 0.158. The number of benzene rings is 2. The molecule has 0 aliphatic heterocycles. The van der Waals surface area contributed by atoms with E-state index >= 15 is 0 Å². The molecule has 5 nitrogen and oxygen atoms in total. The maximum Gasteiger partial charge on any atom is 0.237 e. The minimum Gasteiger partial charge on any atom is -0.311 e. The Hall–Kier alpha value is -2.47. The van der Waals surface area contributed by atoms with Crippen molar-refractivity contribution in [1.82, 2.24) is 9.78 Å². The van der Waals surface area contributed by atoms with Gasteiger partial charge in [0.1, 0.15) is 0 Å². The van der Waals surface area contributed by atoms with E-state index in [2.05, 4.69) is 11.2 Å². The highest BCUT2D eigenvalue weighted by molar-refractivity contribution is 8.01. The van der Waals surface area contributed by atoms with Crippen molar-refractivity contribution in [3.63, 3.8) is 0 Å². The first kappa shape index (κ1) is 19.3. The summed E-state index contributed by atoms with van der Waals surface area (Å²) >= 11 is 8.14. The molecule has 0 fully saturated rings. The molecular weight excluding hydrogens is 396 g/mol. The number of carbonyl (C=O) groups is 1. The third kappa shape index (κ3) is 5.04. The lowest BCUT2D eigenvalue weighted by molar-refractivity contribution is -0.116. The second-order valence-electron chi connectivity index (χ2n) is 5.46. The van der Waals surface area contributed by atoms with Crippen LogP contribution in [0.2, 0.25) is 0 Å².